The van der Waals surface area contributed by atoms with E-state index in [1.54, 1.807) is 30.9 Å². The zero-order valence-corrected chi connectivity index (χ0v) is 21.7. The summed E-state index contributed by atoms with van der Waals surface area (Å²) in [6.45, 7) is 6.06. The van der Waals surface area contributed by atoms with Crippen molar-refractivity contribution in [1.82, 2.24) is 35.1 Å². The molecule has 9 nitrogen and oxygen atoms in total. The second-order valence-corrected chi connectivity index (χ2v) is 11.2. The molecule has 0 aromatic carbocycles. The number of fused-ring (bicyclic) bond motifs is 2. The number of carbonyl (C=O) groups excluding carboxylic acids is 1. The maximum atomic E-state index is 13.7. The first-order chi connectivity index (χ1) is 18.2. The molecule has 6 rings (SSSR count). The zero-order valence-electron chi connectivity index (χ0n) is 20.8. The molecule has 6 aromatic rings. The third-order valence-corrected chi connectivity index (χ3v) is 6.82. The summed E-state index contributed by atoms with van der Waals surface area (Å²) < 4.78 is 13.7. The second-order valence-electron chi connectivity index (χ2n) is 10.2. The molecule has 0 aliphatic heterocycles. The first kappa shape index (κ1) is 23.9. The number of pyridine rings is 3. The fourth-order valence-corrected chi connectivity index (χ4v) is 5.03. The van der Waals surface area contributed by atoms with Gasteiger partial charge in [-0.3, -0.25) is 14.9 Å². The van der Waals surface area contributed by atoms with Gasteiger partial charge in [0.25, 0.3) is 0 Å². The van der Waals surface area contributed by atoms with Crippen molar-refractivity contribution in [1.29, 1.82) is 0 Å². The van der Waals surface area contributed by atoms with E-state index in [0.717, 1.165) is 38.3 Å². The molecule has 6 heterocycles. The molecule has 0 bridgehead atoms. The van der Waals surface area contributed by atoms with E-state index in [1.807, 2.05) is 39.0 Å². The first-order valence-electron chi connectivity index (χ1n) is 11.9. The van der Waals surface area contributed by atoms with E-state index in [9.17, 15) is 9.18 Å². The predicted molar refractivity (Wildman–Crippen MR) is 146 cm³/mol. The highest BCUT2D eigenvalue weighted by Crippen LogP contribution is 2.34. The lowest BCUT2D eigenvalue weighted by Gasteiger charge is -2.17. The van der Waals surface area contributed by atoms with Crippen molar-refractivity contribution in [3.05, 3.63) is 60.3 Å². The van der Waals surface area contributed by atoms with Gasteiger partial charge in [-0.2, -0.15) is 9.49 Å². The lowest BCUT2D eigenvalue weighted by Crippen LogP contribution is -2.19. The highest BCUT2D eigenvalue weighted by molar-refractivity contribution is 7.14. The molecule has 0 atom stereocenters. The summed E-state index contributed by atoms with van der Waals surface area (Å²) >= 11 is 1.06. The molecule has 3 N–H and O–H groups in total. The molecular weight excluding hydrogens is 503 g/mol. The second kappa shape index (κ2) is 9.10. The van der Waals surface area contributed by atoms with Crippen LogP contribution in [0.2, 0.25) is 0 Å². The number of halogens is 1. The number of aromatic amines is 2. The normalized spacial score (nSPS) is 11.9. The minimum absolute atomic E-state index is 0.0645. The van der Waals surface area contributed by atoms with Crippen LogP contribution in [0.4, 0.5) is 10.1 Å². The number of anilines is 1. The van der Waals surface area contributed by atoms with Crippen molar-refractivity contribution in [2.24, 2.45) is 5.41 Å². The largest absolute Gasteiger partial charge is 0.325 e. The topological polar surface area (TPSA) is 125 Å². The Balaban J connectivity index is 1.36. The Morgan fingerprint density at radius 1 is 1.05 bits per heavy atom. The molecule has 0 aliphatic rings. The van der Waals surface area contributed by atoms with E-state index in [1.165, 1.54) is 6.07 Å². The smallest absolute Gasteiger partial charge is 0.224 e. The summed E-state index contributed by atoms with van der Waals surface area (Å²) in [4.78, 5) is 34.4. The number of carbonyl (C=O) groups is 1. The van der Waals surface area contributed by atoms with E-state index in [4.69, 9.17) is 4.98 Å². The predicted octanol–water partition coefficient (Wildman–Crippen LogP) is 6.20. The molecule has 190 valence electrons. The fourth-order valence-electron chi connectivity index (χ4n) is 4.28. The van der Waals surface area contributed by atoms with Crippen LogP contribution in [0.1, 0.15) is 27.2 Å². The van der Waals surface area contributed by atoms with Crippen LogP contribution in [0.25, 0.3) is 55.3 Å². The van der Waals surface area contributed by atoms with Gasteiger partial charge in [0.15, 0.2) is 22.2 Å². The molecule has 11 heteroatoms. The Kier molecular flexibility index (Phi) is 5.72. The van der Waals surface area contributed by atoms with Gasteiger partial charge in [-0.15, -0.1) is 11.3 Å². The summed E-state index contributed by atoms with van der Waals surface area (Å²) in [7, 11) is 0. The van der Waals surface area contributed by atoms with Crippen molar-refractivity contribution in [2.75, 3.05) is 5.32 Å². The maximum Gasteiger partial charge on any atom is 0.224 e. The van der Waals surface area contributed by atoms with Crippen molar-refractivity contribution < 1.29 is 9.18 Å². The fraction of sp³-hybridized carbons (Fsp3) is 0.185. The molecule has 0 unspecified atom stereocenters. The molecule has 0 spiro atoms. The van der Waals surface area contributed by atoms with E-state index >= 15 is 0 Å². The van der Waals surface area contributed by atoms with E-state index < -0.39 is 0 Å². The third-order valence-electron chi connectivity index (χ3n) is 5.91. The van der Waals surface area contributed by atoms with Gasteiger partial charge in [0, 0.05) is 46.6 Å². The number of hydrogen-bond donors (Lipinski definition) is 3. The van der Waals surface area contributed by atoms with E-state index in [0.29, 0.717) is 40.4 Å². The highest BCUT2D eigenvalue weighted by Gasteiger charge is 2.19. The highest BCUT2D eigenvalue weighted by atomic mass is 32.1. The maximum absolute atomic E-state index is 13.7. The van der Waals surface area contributed by atoms with Crippen LogP contribution in [-0.4, -0.2) is 41.0 Å². The van der Waals surface area contributed by atoms with Crippen LogP contribution in [0, 0.1) is 10.5 Å². The van der Waals surface area contributed by atoms with Crippen molar-refractivity contribution >= 4 is 45.1 Å². The molecule has 0 fully saturated rings. The van der Waals surface area contributed by atoms with Gasteiger partial charge in [0.05, 0.1) is 17.3 Å². The Labute approximate surface area is 220 Å². The molecule has 0 radical (unpaired) electrons. The SMILES string of the molecule is CC(C)(C)CC(=O)Nc1cncc(-c2cnc3[nH]nc(-c4nc5c(-c6ccc(F)s6)ccnc5[nH]4)c3c2)c1. The molecule has 1 amide bonds. The standard InChI is InChI=1S/C27H23FN8OS/c1-27(2,3)10-21(37)32-16-8-14(11-29-13-16)15-9-18-23(35-36-24(18)31-12-15)26-33-22-17(6-7-30-25(22)34-26)19-4-5-20(28)38-19/h4-9,11-13H,10H2,1-3H3,(H,32,37)(H,30,33,34)(H,31,35,36). The third kappa shape index (κ3) is 4.63. The lowest BCUT2D eigenvalue weighted by atomic mass is 9.92. The molecule has 0 saturated heterocycles. The Hall–Kier alpha value is -4.51. The van der Waals surface area contributed by atoms with E-state index in [2.05, 4.69) is 35.5 Å². The molecule has 38 heavy (non-hydrogen) atoms. The molecule has 0 saturated carbocycles. The van der Waals surface area contributed by atoms with Crippen LogP contribution in [0.15, 0.2) is 55.1 Å². The van der Waals surface area contributed by atoms with Crippen LogP contribution in [-0.2, 0) is 4.79 Å². The molecule has 0 aliphatic carbocycles. The number of imidazole rings is 1. The van der Waals surface area contributed by atoms with Gasteiger partial charge in [0.1, 0.15) is 11.2 Å². The van der Waals surface area contributed by atoms with E-state index in [-0.39, 0.29) is 16.5 Å². The zero-order chi connectivity index (χ0) is 26.4. The molecule has 6 aromatic heterocycles. The number of nitrogens with zero attached hydrogens (tertiary/aromatic N) is 5. The van der Waals surface area contributed by atoms with Gasteiger partial charge < -0.3 is 10.3 Å². The van der Waals surface area contributed by atoms with Crippen LogP contribution < -0.4 is 5.32 Å². The minimum Gasteiger partial charge on any atom is -0.325 e. The molecular formula is C27H23FN8OS. The summed E-state index contributed by atoms with van der Waals surface area (Å²) in [5.74, 6) is 0.453. The number of thiophene rings is 1. The number of amides is 1. The Morgan fingerprint density at radius 2 is 1.89 bits per heavy atom. The first-order valence-corrected chi connectivity index (χ1v) is 12.8. The quantitative estimate of drug-likeness (QED) is 0.246. The van der Waals surface area contributed by atoms with Crippen molar-refractivity contribution in [3.63, 3.8) is 0 Å². The van der Waals surface area contributed by atoms with Crippen LogP contribution >= 0.6 is 11.3 Å². The number of rotatable bonds is 5. The summed E-state index contributed by atoms with van der Waals surface area (Å²) in [5, 5.41) is 10.8. The van der Waals surface area contributed by atoms with Crippen LogP contribution in [0.3, 0.4) is 0 Å². The number of H-pyrrole nitrogens is 2. The monoisotopic (exact) mass is 526 g/mol. The Morgan fingerprint density at radius 3 is 2.68 bits per heavy atom. The number of aromatic nitrogens is 7. The average Bonchev–Trinajstić information content (AvgIpc) is 3.60. The van der Waals surface area contributed by atoms with Gasteiger partial charge in [-0.25, -0.2) is 15.0 Å². The average molecular weight is 527 g/mol. The Bertz CT molecular complexity index is 1810. The van der Waals surface area contributed by atoms with Gasteiger partial charge in [0.2, 0.25) is 5.91 Å². The van der Waals surface area contributed by atoms with Crippen molar-refractivity contribution in [3.8, 4) is 33.1 Å². The van der Waals surface area contributed by atoms with Gasteiger partial charge in [-0.1, -0.05) is 20.8 Å². The lowest BCUT2D eigenvalue weighted by molar-refractivity contribution is -0.117. The van der Waals surface area contributed by atoms with Gasteiger partial charge in [-0.05, 0) is 35.7 Å². The number of hydrogen-bond acceptors (Lipinski definition) is 7. The van der Waals surface area contributed by atoms with Gasteiger partial charge >= 0.3 is 0 Å². The summed E-state index contributed by atoms with van der Waals surface area (Å²) in [6, 6.07) is 8.81. The summed E-state index contributed by atoms with van der Waals surface area (Å²) in [6.07, 6.45) is 7.14. The van der Waals surface area contributed by atoms with Crippen LogP contribution in [0.5, 0.6) is 0 Å². The van der Waals surface area contributed by atoms with Crippen molar-refractivity contribution in [2.45, 2.75) is 27.2 Å². The minimum atomic E-state index is -0.259. The number of nitrogens with one attached hydrogen (secondary N) is 3. The summed E-state index contributed by atoms with van der Waals surface area (Å²) in [5.41, 5.74) is 5.29.